The lowest BCUT2D eigenvalue weighted by atomic mass is 9.77. The number of aldehydes is 1. The minimum atomic E-state index is -0.260. The molecule has 2 unspecified atom stereocenters. The zero-order chi connectivity index (χ0) is 23.5. The van der Waals surface area contributed by atoms with Crippen molar-refractivity contribution in [3.05, 3.63) is 108 Å². The molecule has 170 valence electrons. The van der Waals surface area contributed by atoms with E-state index in [9.17, 15) is 9.18 Å². The largest absolute Gasteiger partial charge is 0.355 e. The number of H-pyrrole nitrogens is 1. The third kappa shape index (κ3) is 3.11. The summed E-state index contributed by atoms with van der Waals surface area (Å²) in [4.78, 5) is 15.2. The topological polar surface area (TPSA) is 32.9 Å². The van der Waals surface area contributed by atoms with Gasteiger partial charge in [0.15, 0.2) is 0 Å². The van der Waals surface area contributed by atoms with E-state index in [-0.39, 0.29) is 17.7 Å². The molecule has 1 heterocycles. The smallest absolute Gasteiger partial charge is 0.147 e. The molecule has 0 radical (unpaired) electrons. The van der Waals surface area contributed by atoms with E-state index in [1.54, 1.807) is 6.07 Å². The van der Waals surface area contributed by atoms with Crippen LogP contribution in [0.15, 0.2) is 84.9 Å². The van der Waals surface area contributed by atoms with Crippen molar-refractivity contribution in [2.45, 2.75) is 31.1 Å². The summed E-state index contributed by atoms with van der Waals surface area (Å²) in [6.07, 6.45) is 3.59. The summed E-state index contributed by atoms with van der Waals surface area (Å²) < 4.78 is 14.6. The second-order valence-corrected chi connectivity index (χ2v) is 9.84. The predicted octanol–water partition coefficient (Wildman–Crippen LogP) is 8.17. The van der Waals surface area contributed by atoms with E-state index in [1.165, 1.54) is 43.9 Å². The first-order chi connectivity index (χ1) is 17.2. The van der Waals surface area contributed by atoms with Gasteiger partial charge in [-0.2, -0.15) is 0 Å². The molecular formula is C32H24FNO. The molecule has 0 amide bonds. The Balaban J connectivity index is 1.35. The number of aromatic nitrogens is 1. The van der Waals surface area contributed by atoms with Gasteiger partial charge in [0.2, 0.25) is 0 Å². The van der Waals surface area contributed by atoms with E-state index >= 15 is 0 Å². The van der Waals surface area contributed by atoms with Crippen LogP contribution in [0, 0.1) is 5.82 Å². The Kier molecular flexibility index (Phi) is 4.53. The number of para-hydroxylation sites is 1. The first-order valence-electron chi connectivity index (χ1n) is 12.3. The third-order valence-corrected chi connectivity index (χ3v) is 7.91. The number of aromatic amines is 1. The highest BCUT2D eigenvalue weighted by molar-refractivity contribution is 6.17. The number of fused-ring (bicyclic) bond motifs is 8. The molecule has 2 nitrogen and oxygen atoms in total. The minimum absolute atomic E-state index is 0.175. The van der Waals surface area contributed by atoms with Crippen LogP contribution in [0.4, 0.5) is 4.39 Å². The van der Waals surface area contributed by atoms with Gasteiger partial charge in [0.1, 0.15) is 12.1 Å². The molecule has 0 spiro atoms. The van der Waals surface area contributed by atoms with Gasteiger partial charge < -0.3 is 9.78 Å². The van der Waals surface area contributed by atoms with E-state index in [1.807, 2.05) is 6.07 Å². The van der Waals surface area contributed by atoms with Crippen molar-refractivity contribution in [3.63, 3.8) is 0 Å². The third-order valence-electron chi connectivity index (χ3n) is 7.91. The number of hydrogen-bond donors (Lipinski definition) is 1. The molecule has 0 aliphatic heterocycles. The SMILES string of the molecule is O=CC1CCC(Cc2ccc3ccc4c5ccccc5ccc4c3c2)c2[nH]c3c(F)cccc3c21. The Hall–Kier alpha value is -3.98. The van der Waals surface area contributed by atoms with Crippen LogP contribution in [0.2, 0.25) is 0 Å². The number of hydrogen-bond acceptors (Lipinski definition) is 1. The number of rotatable bonds is 3. The summed E-state index contributed by atoms with van der Waals surface area (Å²) in [5, 5.41) is 8.40. The van der Waals surface area contributed by atoms with Crippen LogP contribution >= 0.6 is 0 Å². The molecule has 7 rings (SSSR count). The lowest BCUT2D eigenvalue weighted by molar-refractivity contribution is -0.109. The Labute approximate surface area is 202 Å². The monoisotopic (exact) mass is 457 g/mol. The minimum Gasteiger partial charge on any atom is -0.355 e. The maximum atomic E-state index is 14.6. The lowest BCUT2D eigenvalue weighted by Gasteiger charge is -2.26. The first-order valence-corrected chi connectivity index (χ1v) is 12.3. The van der Waals surface area contributed by atoms with Crippen LogP contribution < -0.4 is 0 Å². The molecule has 35 heavy (non-hydrogen) atoms. The Morgan fingerprint density at radius 3 is 2.37 bits per heavy atom. The van der Waals surface area contributed by atoms with Crippen molar-refractivity contribution in [3.8, 4) is 0 Å². The van der Waals surface area contributed by atoms with Gasteiger partial charge >= 0.3 is 0 Å². The molecule has 0 fully saturated rings. The summed E-state index contributed by atoms with van der Waals surface area (Å²) >= 11 is 0. The number of carbonyl (C=O) groups is 1. The predicted molar refractivity (Wildman–Crippen MR) is 142 cm³/mol. The Morgan fingerprint density at radius 2 is 1.51 bits per heavy atom. The molecule has 5 aromatic carbocycles. The van der Waals surface area contributed by atoms with E-state index in [4.69, 9.17) is 0 Å². The maximum absolute atomic E-state index is 14.6. The van der Waals surface area contributed by atoms with Crippen molar-refractivity contribution in [2.24, 2.45) is 0 Å². The molecule has 6 aromatic rings. The number of benzene rings is 5. The van der Waals surface area contributed by atoms with Gasteiger partial charge in [-0.15, -0.1) is 0 Å². The summed E-state index contributed by atoms with van der Waals surface area (Å²) in [6, 6.07) is 29.3. The maximum Gasteiger partial charge on any atom is 0.147 e. The molecule has 1 aromatic heterocycles. The second kappa shape index (κ2) is 7.78. The standard InChI is InChI=1S/C32H24FNO/c33-29-7-3-6-27-30-23(18-35)11-10-22(31(30)34-32(27)29)16-19-8-9-21-13-14-25-24-5-2-1-4-20(24)12-15-26(25)28(21)17-19/h1-9,12-15,17-18,22-23,34H,10-11,16H2. The van der Waals surface area contributed by atoms with Crippen LogP contribution in [0.3, 0.4) is 0 Å². The molecule has 3 heteroatoms. The van der Waals surface area contributed by atoms with Gasteiger partial charge in [-0.3, -0.25) is 0 Å². The van der Waals surface area contributed by atoms with Crippen LogP contribution in [0.5, 0.6) is 0 Å². The summed E-state index contributed by atoms with van der Waals surface area (Å²) in [7, 11) is 0. The quantitative estimate of drug-likeness (QED) is 0.211. The van der Waals surface area contributed by atoms with Crippen molar-refractivity contribution >= 4 is 49.5 Å². The molecule has 0 bridgehead atoms. The highest BCUT2D eigenvalue weighted by atomic mass is 19.1. The fourth-order valence-corrected chi connectivity index (χ4v) is 6.23. The number of carbonyl (C=O) groups excluding carboxylic acids is 1. The van der Waals surface area contributed by atoms with E-state index in [0.29, 0.717) is 5.52 Å². The molecular weight excluding hydrogens is 433 g/mol. The second-order valence-electron chi connectivity index (χ2n) is 9.84. The molecule has 0 saturated heterocycles. The zero-order valence-corrected chi connectivity index (χ0v) is 19.2. The van der Waals surface area contributed by atoms with Gasteiger partial charge in [-0.1, -0.05) is 78.9 Å². The van der Waals surface area contributed by atoms with Gasteiger partial charge in [0.25, 0.3) is 0 Å². The summed E-state index contributed by atoms with van der Waals surface area (Å²) in [5.74, 6) is -0.211. The van der Waals surface area contributed by atoms with Crippen LogP contribution in [-0.2, 0) is 11.2 Å². The fraction of sp³-hybridized carbons (Fsp3) is 0.156. The van der Waals surface area contributed by atoms with E-state index < -0.39 is 0 Å². The average Bonchev–Trinajstić information content (AvgIpc) is 3.30. The molecule has 0 saturated carbocycles. The van der Waals surface area contributed by atoms with Crippen LogP contribution in [0.25, 0.3) is 43.2 Å². The number of nitrogens with one attached hydrogen (secondary N) is 1. The van der Waals surface area contributed by atoms with Crippen molar-refractivity contribution in [2.75, 3.05) is 0 Å². The molecule has 1 aliphatic rings. The van der Waals surface area contributed by atoms with Gasteiger partial charge in [-0.05, 0) is 68.8 Å². The summed E-state index contributed by atoms with van der Waals surface area (Å²) in [5.41, 5.74) is 3.80. The highest BCUT2D eigenvalue weighted by Crippen LogP contribution is 2.44. The van der Waals surface area contributed by atoms with Gasteiger partial charge in [-0.25, -0.2) is 4.39 Å². The Bertz CT molecular complexity index is 1780. The highest BCUT2D eigenvalue weighted by Gasteiger charge is 2.31. The molecule has 2 atom stereocenters. The normalized spacial score (nSPS) is 17.9. The van der Waals surface area contributed by atoms with Crippen molar-refractivity contribution in [1.29, 1.82) is 0 Å². The first kappa shape index (κ1) is 20.4. The Morgan fingerprint density at radius 1 is 0.771 bits per heavy atom. The average molecular weight is 458 g/mol. The molecule has 1 N–H and O–H groups in total. The van der Waals surface area contributed by atoms with Crippen molar-refractivity contribution < 1.29 is 9.18 Å². The number of halogens is 1. The lowest BCUT2D eigenvalue weighted by Crippen LogP contribution is -2.16. The van der Waals surface area contributed by atoms with E-state index in [0.717, 1.165) is 42.2 Å². The van der Waals surface area contributed by atoms with E-state index in [2.05, 4.69) is 71.7 Å². The molecule has 1 aliphatic carbocycles. The van der Waals surface area contributed by atoms with Gasteiger partial charge in [0, 0.05) is 22.9 Å². The van der Waals surface area contributed by atoms with Crippen LogP contribution in [0.1, 0.15) is 41.5 Å². The fourth-order valence-electron chi connectivity index (χ4n) is 6.23. The summed E-state index contributed by atoms with van der Waals surface area (Å²) in [6.45, 7) is 0. The van der Waals surface area contributed by atoms with Crippen molar-refractivity contribution in [1.82, 2.24) is 4.98 Å². The zero-order valence-electron chi connectivity index (χ0n) is 19.2. The van der Waals surface area contributed by atoms with Crippen LogP contribution in [-0.4, -0.2) is 11.3 Å². The van der Waals surface area contributed by atoms with Gasteiger partial charge in [0.05, 0.1) is 5.52 Å².